The number of nitrogens with one attached hydrogen (secondary N) is 1. The van der Waals surface area contributed by atoms with Gasteiger partial charge in [-0.15, -0.1) is 0 Å². The van der Waals surface area contributed by atoms with Crippen molar-refractivity contribution in [1.82, 2.24) is 4.57 Å². The monoisotopic (exact) mass is 450 g/mol. The van der Waals surface area contributed by atoms with Crippen molar-refractivity contribution >= 4 is 23.3 Å². The van der Waals surface area contributed by atoms with Gasteiger partial charge in [0.25, 0.3) is 0 Å². The summed E-state index contributed by atoms with van der Waals surface area (Å²) in [4.78, 5) is 37.3. The first kappa shape index (κ1) is 23.6. The zero-order valence-electron chi connectivity index (χ0n) is 19.2. The molecule has 1 aromatic heterocycles. The minimum Gasteiger partial charge on any atom is -0.493 e. The van der Waals surface area contributed by atoms with Crippen LogP contribution in [0.5, 0.6) is 11.5 Å². The lowest BCUT2D eigenvalue weighted by Gasteiger charge is -2.14. The van der Waals surface area contributed by atoms with Gasteiger partial charge in [-0.05, 0) is 32.0 Å². The SMILES string of the molecule is COc1cc(NC(C)=O)c(C(=O)OCC(=O)c2cc(C)n(-c3ccccc3)c2C)cc1OC. The van der Waals surface area contributed by atoms with Gasteiger partial charge in [-0.3, -0.25) is 9.59 Å². The molecule has 1 heterocycles. The van der Waals surface area contributed by atoms with Gasteiger partial charge in [-0.25, -0.2) is 4.79 Å². The van der Waals surface area contributed by atoms with Crippen LogP contribution in [0.1, 0.15) is 39.0 Å². The lowest BCUT2D eigenvalue weighted by Crippen LogP contribution is -2.17. The number of methoxy groups -OCH3 is 2. The quantitative estimate of drug-likeness (QED) is 0.410. The van der Waals surface area contributed by atoms with Crippen molar-refractivity contribution in [1.29, 1.82) is 0 Å². The summed E-state index contributed by atoms with van der Waals surface area (Å²) in [7, 11) is 2.87. The van der Waals surface area contributed by atoms with Crippen molar-refractivity contribution in [2.75, 3.05) is 26.1 Å². The Morgan fingerprint density at radius 3 is 2.15 bits per heavy atom. The molecule has 8 nitrogen and oxygen atoms in total. The highest BCUT2D eigenvalue weighted by atomic mass is 16.5. The first-order valence-electron chi connectivity index (χ1n) is 10.2. The van der Waals surface area contributed by atoms with Crippen molar-refractivity contribution in [3.63, 3.8) is 0 Å². The first-order valence-corrected chi connectivity index (χ1v) is 10.2. The molecular weight excluding hydrogens is 424 g/mol. The summed E-state index contributed by atoms with van der Waals surface area (Å²) in [6.45, 7) is 4.62. The van der Waals surface area contributed by atoms with Gasteiger partial charge >= 0.3 is 5.97 Å². The van der Waals surface area contributed by atoms with Crippen LogP contribution in [-0.4, -0.2) is 43.1 Å². The molecule has 33 heavy (non-hydrogen) atoms. The van der Waals surface area contributed by atoms with E-state index < -0.39 is 12.6 Å². The summed E-state index contributed by atoms with van der Waals surface area (Å²) in [6.07, 6.45) is 0. The molecule has 0 aliphatic rings. The molecule has 0 saturated heterocycles. The highest BCUT2D eigenvalue weighted by molar-refractivity contribution is 6.04. The predicted molar refractivity (Wildman–Crippen MR) is 124 cm³/mol. The van der Waals surface area contributed by atoms with Crippen LogP contribution in [0.4, 0.5) is 5.69 Å². The van der Waals surface area contributed by atoms with E-state index in [1.165, 1.54) is 33.3 Å². The topological polar surface area (TPSA) is 95.9 Å². The third-order valence-corrected chi connectivity index (χ3v) is 5.13. The second kappa shape index (κ2) is 10.0. The van der Waals surface area contributed by atoms with E-state index in [0.29, 0.717) is 11.3 Å². The fourth-order valence-corrected chi connectivity index (χ4v) is 3.65. The number of ether oxygens (including phenoxy) is 3. The van der Waals surface area contributed by atoms with Gasteiger partial charge in [-0.2, -0.15) is 0 Å². The summed E-state index contributed by atoms with van der Waals surface area (Å²) >= 11 is 0. The van der Waals surface area contributed by atoms with Crippen LogP contribution in [0.3, 0.4) is 0 Å². The summed E-state index contributed by atoms with van der Waals surface area (Å²) in [6, 6.07) is 14.3. The van der Waals surface area contributed by atoms with E-state index in [-0.39, 0.29) is 28.7 Å². The number of rotatable bonds is 8. The van der Waals surface area contributed by atoms with Crippen LogP contribution in [0.2, 0.25) is 0 Å². The summed E-state index contributed by atoms with van der Waals surface area (Å²) in [5.74, 6) is -0.857. The number of amides is 1. The Morgan fingerprint density at radius 2 is 1.55 bits per heavy atom. The maximum atomic E-state index is 12.9. The summed E-state index contributed by atoms with van der Waals surface area (Å²) in [5.41, 5.74) is 3.30. The Morgan fingerprint density at radius 1 is 0.909 bits per heavy atom. The molecule has 0 saturated carbocycles. The molecule has 1 N–H and O–H groups in total. The van der Waals surface area contributed by atoms with Crippen LogP contribution in [-0.2, 0) is 9.53 Å². The Balaban J connectivity index is 1.83. The molecule has 1 amide bonds. The average Bonchev–Trinajstić information content (AvgIpc) is 3.10. The van der Waals surface area contributed by atoms with Crippen LogP contribution >= 0.6 is 0 Å². The number of benzene rings is 2. The number of nitrogens with zero attached hydrogens (tertiary/aromatic N) is 1. The fourth-order valence-electron chi connectivity index (χ4n) is 3.65. The minimum atomic E-state index is -0.773. The third-order valence-electron chi connectivity index (χ3n) is 5.13. The Labute approximate surface area is 192 Å². The van der Waals surface area contributed by atoms with Crippen LogP contribution in [0, 0.1) is 13.8 Å². The van der Waals surface area contributed by atoms with Crippen LogP contribution in [0.15, 0.2) is 48.5 Å². The Bertz CT molecular complexity index is 1200. The molecule has 0 radical (unpaired) electrons. The number of para-hydroxylation sites is 1. The normalized spacial score (nSPS) is 10.5. The van der Waals surface area contributed by atoms with Gasteiger partial charge in [-0.1, -0.05) is 18.2 Å². The number of aromatic nitrogens is 1. The molecule has 0 spiro atoms. The number of ketones is 1. The number of Topliss-reactive ketones (excluding diaryl/α,β-unsaturated/α-hetero) is 1. The van der Waals surface area contributed by atoms with Crippen LogP contribution in [0.25, 0.3) is 5.69 Å². The summed E-state index contributed by atoms with van der Waals surface area (Å²) in [5, 5.41) is 2.57. The largest absolute Gasteiger partial charge is 0.493 e. The van der Waals surface area contributed by atoms with Crippen molar-refractivity contribution in [3.8, 4) is 17.2 Å². The average molecular weight is 450 g/mol. The van der Waals surface area contributed by atoms with E-state index >= 15 is 0 Å². The molecule has 8 heteroatoms. The molecular formula is C25H26N2O6. The first-order chi connectivity index (χ1) is 15.8. The molecule has 2 aromatic carbocycles. The van der Waals surface area contributed by atoms with E-state index in [1.807, 2.05) is 48.7 Å². The van der Waals surface area contributed by atoms with E-state index in [0.717, 1.165) is 17.1 Å². The van der Waals surface area contributed by atoms with E-state index in [4.69, 9.17) is 14.2 Å². The molecule has 0 bridgehead atoms. The maximum absolute atomic E-state index is 12.9. The van der Waals surface area contributed by atoms with E-state index in [2.05, 4.69) is 5.32 Å². The zero-order chi connectivity index (χ0) is 24.1. The van der Waals surface area contributed by atoms with Crippen molar-refractivity contribution < 1.29 is 28.6 Å². The molecule has 0 atom stereocenters. The number of aryl methyl sites for hydroxylation is 1. The standard InChI is InChI=1S/C25H26N2O6/c1-15-11-19(16(2)27(15)18-9-7-6-8-10-18)22(29)14-33-25(30)20-12-23(31-4)24(32-5)13-21(20)26-17(3)28/h6-13H,14H2,1-5H3,(H,26,28). The summed E-state index contributed by atoms with van der Waals surface area (Å²) < 4.78 is 17.7. The Kier molecular flexibility index (Phi) is 7.17. The number of hydrogen-bond donors (Lipinski definition) is 1. The predicted octanol–water partition coefficient (Wildman–Crippen LogP) is 4.11. The van der Waals surface area contributed by atoms with Gasteiger partial charge in [0.2, 0.25) is 11.7 Å². The smallest absolute Gasteiger partial charge is 0.340 e. The van der Waals surface area contributed by atoms with Crippen molar-refractivity contribution in [2.45, 2.75) is 20.8 Å². The third kappa shape index (κ3) is 5.06. The highest BCUT2D eigenvalue weighted by Gasteiger charge is 2.22. The molecule has 0 aliphatic heterocycles. The van der Waals surface area contributed by atoms with Gasteiger partial charge in [0.1, 0.15) is 0 Å². The minimum absolute atomic E-state index is 0.0467. The number of anilines is 1. The molecule has 3 aromatic rings. The fraction of sp³-hybridized carbons (Fsp3) is 0.240. The maximum Gasteiger partial charge on any atom is 0.340 e. The van der Waals surface area contributed by atoms with E-state index in [9.17, 15) is 14.4 Å². The molecule has 0 unspecified atom stereocenters. The zero-order valence-corrected chi connectivity index (χ0v) is 19.2. The van der Waals surface area contributed by atoms with Gasteiger partial charge in [0, 0.05) is 41.7 Å². The highest BCUT2D eigenvalue weighted by Crippen LogP contribution is 2.34. The lowest BCUT2D eigenvalue weighted by molar-refractivity contribution is -0.114. The molecule has 0 fully saturated rings. The Hall–Kier alpha value is -4.07. The van der Waals surface area contributed by atoms with Crippen LogP contribution < -0.4 is 14.8 Å². The van der Waals surface area contributed by atoms with Crippen molar-refractivity contribution in [2.24, 2.45) is 0 Å². The lowest BCUT2D eigenvalue weighted by atomic mass is 10.1. The molecule has 0 aliphatic carbocycles. The van der Waals surface area contributed by atoms with E-state index in [1.54, 1.807) is 6.07 Å². The van der Waals surface area contributed by atoms with Gasteiger partial charge < -0.3 is 24.1 Å². The van der Waals surface area contributed by atoms with Gasteiger partial charge in [0.15, 0.2) is 18.1 Å². The number of esters is 1. The van der Waals surface area contributed by atoms with Crippen molar-refractivity contribution in [3.05, 3.63) is 71.0 Å². The number of hydrogen-bond acceptors (Lipinski definition) is 6. The second-order valence-electron chi connectivity index (χ2n) is 7.39. The number of carbonyl (C=O) groups excluding carboxylic acids is 3. The second-order valence-corrected chi connectivity index (χ2v) is 7.39. The number of carbonyl (C=O) groups is 3. The van der Waals surface area contributed by atoms with Gasteiger partial charge in [0.05, 0.1) is 25.5 Å². The molecule has 172 valence electrons. The molecule has 3 rings (SSSR count).